The Morgan fingerprint density at radius 1 is 1.07 bits per heavy atom. The van der Waals surface area contributed by atoms with E-state index in [1.54, 1.807) is 54.6 Å². The second-order valence-corrected chi connectivity index (χ2v) is 9.55. The van der Waals surface area contributed by atoms with Crippen LogP contribution in [0.2, 0.25) is 0 Å². The molecule has 6 nitrogen and oxygen atoms in total. The van der Waals surface area contributed by atoms with Crippen LogP contribution in [0.1, 0.15) is 48.9 Å². The largest absolute Gasteiger partial charge is 0.378 e. The third kappa shape index (κ3) is 5.83. The number of hydrogen-bond acceptors (Lipinski definition) is 4. The van der Waals surface area contributed by atoms with E-state index in [9.17, 15) is 13.2 Å². The molecule has 1 amide bonds. The molecule has 2 aromatic carbocycles. The second kappa shape index (κ2) is 10.6. The van der Waals surface area contributed by atoms with Gasteiger partial charge in [0.15, 0.2) is 0 Å². The van der Waals surface area contributed by atoms with Gasteiger partial charge in [0.25, 0.3) is 15.9 Å². The monoisotopic (exact) mass is 430 g/mol. The standard InChI is InChI=1S/C23H30N2O4S/c1-25(30(27,28)22-14-6-3-7-15-22)20-11-8-10-19(18-20)23(26)24-16-9-17-29-21-12-4-2-5-13-21/h3,6-8,10-11,14-15,18,21H,2,4-5,9,12-13,16-17H2,1H3,(H,24,26). The zero-order chi connectivity index (χ0) is 21.4. The molecule has 1 saturated carbocycles. The maximum Gasteiger partial charge on any atom is 0.264 e. The van der Waals surface area contributed by atoms with Crippen molar-refractivity contribution in [2.24, 2.45) is 0 Å². The number of benzene rings is 2. The molecule has 0 heterocycles. The van der Waals surface area contributed by atoms with Crippen molar-refractivity contribution in [3.8, 4) is 0 Å². The molecule has 0 aliphatic heterocycles. The Bertz CT molecular complexity index is 925. The van der Waals surface area contributed by atoms with E-state index >= 15 is 0 Å². The summed E-state index contributed by atoms with van der Waals surface area (Å²) in [5, 5.41) is 2.89. The average Bonchev–Trinajstić information content (AvgIpc) is 2.79. The van der Waals surface area contributed by atoms with Crippen LogP contribution in [0.3, 0.4) is 0 Å². The summed E-state index contributed by atoms with van der Waals surface area (Å²) in [7, 11) is -2.20. The quantitative estimate of drug-likeness (QED) is 0.611. The molecule has 162 valence electrons. The van der Waals surface area contributed by atoms with Crippen LogP contribution in [-0.2, 0) is 14.8 Å². The van der Waals surface area contributed by atoms with Crippen LogP contribution in [0.15, 0.2) is 59.5 Å². The van der Waals surface area contributed by atoms with Gasteiger partial charge in [0, 0.05) is 25.8 Å². The van der Waals surface area contributed by atoms with Gasteiger partial charge in [0.05, 0.1) is 16.7 Å². The highest BCUT2D eigenvalue weighted by atomic mass is 32.2. The lowest BCUT2D eigenvalue weighted by Crippen LogP contribution is -2.28. The van der Waals surface area contributed by atoms with Crippen molar-refractivity contribution in [2.45, 2.75) is 49.5 Å². The Hall–Kier alpha value is -2.38. The Balaban J connectivity index is 1.53. The van der Waals surface area contributed by atoms with E-state index < -0.39 is 10.0 Å². The molecule has 7 heteroatoms. The molecule has 0 spiro atoms. The van der Waals surface area contributed by atoms with E-state index in [0.717, 1.165) is 19.3 Å². The van der Waals surface area contributed by atoms with Crippen molar-refractivity contribution in [1.82, 2.24) is 5.32 Å². The van der Waals surface area contributed by atoms with Crippen LogP contribution >= 0.6 is 0 Å². The second-order valence-electron chi connectivity index (χ2n) is 7.58. The third-order valence-electron chi connectivity index (χ3n) is 5.39. The van der Waals surface area contributed by atoms with Crippen molar-refractivity contribution in [1.29, 1.82) is 0 Å². The normalized spacial score (nSPS) is 15.0. The first-order chi connectivity index (χ1) is 14.5. The van der Waals surface area contributed by atoms with Crippen molar-refractivity contribution in [3.05, 3.63) is 60.2 Å². The zero-order valence-corrected chi connectivity index (χ0v) is 18.2. The van der Waals surface area contributed by atoms with Gasteiger partial charge in [-0.25, -0.2) is 8.42 Å². The van der Waals surface area contributed by atoms with E-state index in [2.05, 4.69) is 5.32 Å². The lowest BCUT2D eigenvalue weighted by Gasteiger charge is -2.22. The topological polar surface area (TPSA) is 75.7 Å². The van der Waals surface area contributed by atoms with Gasteiger partial charge in [0.2, 0.25) is 0 Å². The minimum absolute atomic E-state index is 0.209. The first-order valence-electron chi connectivity index (χ1n) is 10.5. The fourth-order valence-corrected chi connectivity index (χ4v) is 4.80. The number of hydrogen-bond donors (Lipinski definition) is 1. The van der Waals surface area contributed by atoms with E-state index in [1.807, 2.05) is 0 Å². The summed E-state index contributed by atoms with van der Waals surface area (Å²) in [6.45, 7) is 1.16. The number of amides is 1. The Labute approximate surface area is 179 Å². The predicted molar refractivity (Wildman–Crippen MR) is 118 cm³/mol. The molecule has 0 aromatic heterocycles. The van der Waals surface area contributed by atoms with Crippen LogP contribution in [0.25, 0.3) is 0 Å². The summed E-state index contributed by atoms with van der Waals surface area (Å²) < 4.78 is 32.7. The maximum absolute atomic E-state index is 12.8. The van der Waals surface area contributed by atoms with Gasteiger partial charge in [-0.2, -0.15) is 0 Å². The number of rotatable bonds is 9. The Morgan fingerprint density at radius 2 is 1.80 bits per heavy atom. The van der Waals surface area contributed by atoms with Crippen molar-refractivity contribution in [2.75, 3.05) is 24.5 Å². The van der Waals surface area contributed by atoms with Gasteiger partial charge in [-0.05, 0) is 49.6 Å². The highest BCUT2D eigenvalue weighted by Gasteiger charge is 2.21. The van der Waals surface area contributed by atoms with Crippen LogP contribution < -0.4 is 9.62 Å². The lowest BCUT2D eigenvalue weighted by molar-refractivity contribution is 0.0273. The molecule has 1 aliphatic rings. The van der Waals surface area contributed by atoms with Gasteiger partial charge in [-0.15, -0.1) is 0 Å². The molecule has 1 aliphatic carbocycles. The highest BCUT2D eigenvalue weighted by Crippen LogP contribution is 2.23. The minimum Gasteiger partial charge on any atom is -0.378 e. The summed E-state index contributed by atoms with van der Waals surface area (Å²) in [5.74, 6) is -0.222. The van der Waals surface area contributed by atoms with E-state index in [1.165, 1.54) is 30.6 Å². The smallest absolute Gasteiger partial charge is 0.264 e. The number of anilines is 1. The summed E-state index contributed by atoms with van der Waals surface area (Å²) in [5.41, 5.74) is 0.864. The molecular weight excluding hydrogens is 400 g/mol. The number of sulfonamides is 1. The molecule has 0 unspecified atom stereocenters. The zero-order valence-electron chi connectivity index (χ0n) is 17.4. The van der Waals surface area contributed by atoms with Gasteiger partial charge in [-0.3, -0.25) is 9.10 Å². The summed E-state index contributed by atoms with van der Waals surface area (Å²) >= 11 is 0. The van der Waals surface area contributed by atoms with Crippen LogP contribution in [-0.4, -0.2) is 40.6 Å². The van der Waals surface area contributed by atoms with Crippen molar-refractivity contribution < 1.29 is 17.9 Å². The fraction of sp³-hybridized carbons (Fsp3) is 0.435. The van der Waals surface area contributed by atoms with Crippen molar-refractivity contribution in [3.63, 3.8) is 0 Å². The number of ether oxygens (including phenoxy) is 1. The summed E-state index contributed by atoms with van der Waals surface area (Å²) in [4.78, 5) is 12.7. The molecule has 2 aromatic rings. The maximum atomic E-state index is 12.8. The van der Waals surface area contributed by atoms with E-state index in [-0.39, 0.29) is 10.8 Å². The minimum atomic E-state index is -3.68. The van der Waals surface area contributed by atoms with Crippen LogP contribution in [0.4, 0.5) is 5.69 Å². The predicted octanol–water partition coefficient (Wildman–Crippen LogP) is 3.98. The van der Waals surface area contributed by atoms with Gasteiger partial charge in [-0.1, -0.05) is 43.5 Å². The molecule has 0 atom stereocenters. The van der Waals surface area contributed by atoms with Crippen LogP contribution in [0, 0.1) is 0 Å². The average molecular weight is 431 g/mol. The summed E-state index contributed by atoms with van der Waals surface area (Å²) in [6.07, 6.45) is 7.18. The first-order valence-corrected chi connectivity index (χ1v) is 12.0. The third-order valence-corrected chi connectivity index (χ3v) is 7.19. The number of nitrogens with one attached hydrogen (secondary N) is 1. The molecule has 1 fully saturated rings. The highest BCUT2D eigenvalue weighted by molar-refractivity contribution is 7.92. The Morgan fingerprint density at radius 3 is 2.53 bits per heavy atom. The molecule has 1 N–H and O–H groups in total. The first kappa shape index (κ1) is 22.3. The molecular formula is C23H30N2O4S. The van der Waals surface area contributed by atoms with Gasteiger partial charge in [0.1, 0.15) is 0 Å². The number of carbonyl (C=O) groups is 1. The fourth-order valence-electron chi connectivity index (χ4n) is 3.59. The van der Waals surface area contributed by atoms with E-state index in [4.69, 9.17) is 4.74 Å². The van der Waals surface area contributed by atoms with E-state index in [0.29, 0.717) is 30.5 Å². The molecule has 0 bridgehead atoms. The lowest BCUT2D eigenvalue weighted by atomic mass is 9.98. The Kier molecular flexibility index (Phi) is 7.87. The molecule has 3 rings (SSSR count). The number of carbonyl (C=O) groups excluding carboxylic acids is 1. The van der Waals surface area contributed by atoms with Gasteiger partial charge < -0.3 is 10.1 Å². The van der Waals surface area contributed by atoms with Crippen LogP contribution in [0.5, 0.6) is 0 Å². The summed E-state index contributed by atoms with van der Waals surface area (Å²) in [6, 6.07) is 14.9. The molecule has 30 heavy (non-hydrogen) atoms. The molecule has 0 radical (unpaired) electrons. The SMILES string of the molecule is CN(c1cccc(C(=O)NCCCOC2CCCCC2)c1)S(=O)(=O)c1ccccc1. The van der Waals surface area contributed by atoms with Gasteiger partial charge >= 0.3 is 0 Å². The molecule has 0 saturated heterocycles. The number of nitrogens with zero attached hydrogens (tertiary/aromatic N) is 1. The van der Waals surface area contributed by atoms with Crippen molar-refractivity contribution >= 4 is 21.6 Å².